The van der Waals surface area contributed by atoms with Gasteiger partial charge in [0.25, 0.3) is 6.26 Å². The normalized spacial score (nSPS) is 8.25. The highest BCUT2D eigenvalue weighted by molar-refractivity contribution is 5.84. The van der Waals surface area contributed by atoms with Crippen molar-refractivity contribution >= 4 is 11.8 Å². The van der Waals surface area contributed by atoms with E-state index in [0.717, 1.165) is 0 Å². The minimum atomic E-state index is -0.774. The molecular formula is C8H6N2O2. The third kappa shape index (κ3) is 2.31. The first-order valence-corrected chi connectivity index (χ1v) is 3.25. The van der Waals surface area contributed by atoms with Crippen LogP contribution in [0.5, 0.6) is 0 Å². The Morgan fingerprint density at radius 2 is 2.08 bits per heavy atom. The maximum Gasteiger partial charge on any atom is 0.427 e. The van der Waals surface area contributed by atoms with E-state index in [1.54, 1.807) is 24.3 Å². The lowest BCUT2D eigenvalue weighted by Crippen LogP contribution is -2.10. The Morgan fingerprint density at radius 3 is 2.67 bits per heavy atom. The molecule has 1 rings (SSSR count). The molecule has 0 radical (unpaired) electrons. The lowest BCUT2D eigenvalue weighted by Gasteiger charge is -1.99. The molecule has 0 saturated heterocycles. The van der Waals surface area contributed by atoms with E-state index in [1.165, 1.54) is 6.26 Å². The highest BCUT2D eigenvalue weighted by Crippen LogP contribution is 2.04. The minimum Gasteiger partial charge on any atom is -0.333 e. The SMILES string of the molecule is N#COC(=O)Nc1ccccc1. The van der Waals surface area contributed by atoms with E-state index in [0.29, 0.717) is 5.69 Å². The van der Waals surface area contributed by atoms with Gasteiger partial charge in [-0.3, -0.25) is 5.32 Å². The Hall–Kier alpha value is -2.02. The van der Waals surface area contributed by atoms with E-state index in [-0.39, 0.29) is 0 Å². The summed E-state index contributed by atoms with van der Waals surface area (Å²) in [6.07, 6.45) is 0.501. The molecule has 0 unspecified atom stereocenters. The molecule has 0 aliphatic carbocycles. The van der Waals surface area contributed by atoms with Crippen LogP contribution in [0.1, 0.15) is 0 Å². The number of carbonyl (C=O) groups excluding carboxylic acids is 1. The van der Waals surface area contributed by atoms with Gasteiger partial charge < -0.3 is 4.74 Å². The van der Waals surface area contributed by atoms with Gasteiger partial charge in [0.1, 0.15) is 0 Å². The van der Waals surface area contributed by atoms with Crippen molar-refractivity contribution in [1.29, 1.82) is 5.26 Å². The van der Waals surface area contributed by atoms with Crippen LogP contribution in [0.2, 0.25) is 0 Å². The molecule has 4 nitrogen and oxygen atoms in total. The Kier molecular flexibility index (Phi) is 2.68. The minimum absolute atomic E-state index is 0.595. The summed E-state index contributed by atoms with van der Waals surface area (Å²) in [7, 11) is 0. The molecule has 0 aliphatic heterocycles. The summed E-state index contributed by atoms with van der Waals surface area (Å²) in [6, 6.07) is 8.74. The van der Waals surface area contributed by atoms with Gasteiger partial charge in [0.2, 0.25) is 0 Å². The fraction of sp³-hybridized carbons (Fsp3) is 0. The fourth-order valence-corrected chi connectivity index (χ4v) is 0.706. The number of anilines is 1. The zero-order valence-electron chi connectivity index (χ0n) is 6.15. The van der Waals surface area contributed by atoms with Gasteiger partial charge in [0.15, 0.2) is 0 Å². The molecule has 1 aromatic rings. The van der Waals surface area contributed by atoms with Crippen molar-refractivity contribution < 1.29 is 9.53 Å². The molecule has 60 valence electrons. The van der Waals surface area contributed by atoms with Gasteiger partial charge in [-0.2, -0.15) is 0 Å². The van der Waals surface area contributed by atoms with Crippen molar-refractivity contribution in [2.45, 2.75) is 0 Å². The van der Waals surface area contributed by atoms with Crippen molar-refractivity contribution in [3.8, 4) is 6.26 Å². The Balaban J connectivity index is 2.54. The number of para-hydroxylation sites is 1. The fourth-order valence-electron chi connectivity index (χ4n) is 0.706. The molecule has 4 heteroatoms. The molecule has 12 heavy (non-hydrogen) atoms. The van der Waals surface area contributed by atoms with Crippen LogP contribution in [0, 0.1) is 11.5 Å². The Morgan fingerprint density at radius 1 is 1.42 bits per heavy atom. The van der Waals surface area contributed by atoms with E-state index in [4.69, 9.17) is 5.26 Å². The number of nitrogens with zero attached hydrogens (tertiary/aromatic N) is 1. The smallest absolute Gasteiger partial charge is 0.333 e. The molecular weight excluding hydrogens is 156 g/mol. The molecule has 0 saturated carbocycles. The van der Waals surface area contributed by atoms with Gasteiger partial charge in [-0.05, 0) is 12.1 Å². The first-order chi connectivity index (χ1) is 5.83. The van der Waals surface area contributed by atoms with Crippen LogP contribution in [0.25, 0.3) is 0 Å². The summed E-state index contributed by atoms with van der Waals surface area (Å²) in [5, 5.41) is 10.3. The standard InChI is InChI=1S/C8H6N2O2/c9-6-12-8(11)10-7-4-2-1-3-5-7/h1-5H,(H,10,11). The molecule has 0 heterocycles. The molecule has 0 bridgehead atoms. The average Bonchev–Trinajstić information content (AvgIpc) is 2.06. The van der Waals surface area contributed by atoms with Crippen LogP contribution in [0.3, 0.4) is 0 Å². The number of carbonyl (C=O) groups is 1. The van der Waals surface area contributed by atoms with Crippen molar-refractivity contribution in [2.75, 3.05) is 5.32 Å². The summed E-state index contributed by atoms with van der Waals surface area (Å²) in [4.78, 5) is 10.7. The van der Waals surface area contributed by atoms with E-state index in [2.05, 4.69) is 10.1 Å². The number of rotatable bonds is 1. The zero-order chi connectivity index (χ0) is 8.81. The van der Waals surface area contributed by atoms with Gasteiger partial charge in [-0.1, -0.05) is 18.2 Å². The van der Waals surface area contributed by atoms with Crippen LogP contribution in [-0.4, -0.2) is 6.09 Å². The quantitative estimate of drug-likeness (QED) is 0.639. The van der Waals surface area contributed by atoms with Crippen LogP contribution in [0.4, 0.5) is 10.5 Å². The molecule has 0 aromatic heterocycles. The van der Waals surface area contributed by atoms with Gasteiger partial charge >= 0.3 is 6.09 Å². The number of hydrogen-bond acceptors (Lipinski definition) is 3. The second-order valence-corrected chi connectivity index (χ2v) is 1.97. The number of amides is 1. The van der Waals surface area contributed by atoms with Crippen LogP contribution in [-0.2, 0) is 4.74 Å². The maximum absolute atomic E-state index is 10.7. The summed E-state index contributed by atoms with van der Waals surface area (Å²) < 4.78 is 4.00. The first-order valence-electron chi connectivity index (χ1n) is 3.25. The molecule has 0 atom stereocenters. The summed E-state index contributed by atoms with van der Waals surface area (Å²) >= 11 is 0. The summed E-state index contributed by atoms with van der Waals surface area (Å²) in [5.74, 6) is 0. The molecule has 1 amide bonds. The first kappa shape index (κ1) is 8.08. The van der Waals surface area contributed by atoms with E-state index in [9.17, 15) is 4.79 Å². The van der Waals surface area contributed by atoms with Gasteiger partial charge in [0.05, 0.1) is 0 Å². The number of benzene rings is 1. The van der Waals surface area contributed by atoms with Crippen molar-refractivity contribution in [3.63, 3.8) is 0 Å². The van der Waals surface area contributed by atoms with Crippen LogP contribution in [0.15, 0.2) is 30.3 Å². The lowest BCUT2D eigenvalue weighted by molar-refractivity contribution is 0.205. The molecule has 0 aliphatic rings. The second kappa shape index (κ2) is 3.98. The largest absolute Gasteiger partial charge is 0.427 e. The monoisotopic (exact) mass is 162 g/mol. The molecule has 1 aromatic carbocycles. The third-order valence-electron chi connectivity index (χ3n) is 1.16. The Bertz CT molecular complexity index is 303. The number of ether oxygens (including phenoxy) is 1. The van der Waals surface area contributed by atoms with Crippen molar-refractivity contribution in [1.82, 2.24) is 0 Å². The van der Waals surface area contributed by atoms with Gasteiger partial charge in [-0.25, -0.2) is 4.79 Å². The zero-order valence-corrected chi connectivity index (χ0v) is 6.15. The second-order valence-electron chi connectivity index (χ2n) is 1.97. The molecule has 0 fully saturated rings. The van der Waals surface area contributed by atoms with E-state index < -0.39 is 6.09 Å². The number of nitrogens with one attached hydrogen (secondary N) is 1. The van der Waals surface area contributed by atoms with E-state index in [1.807, 2.05) is 6.07 Å². The van der Waals surface area contributed by atoms with Crippen molar-refractivity contribution in [2.24, 2.45) is 0 Å². The molecule has 1 N–H and O–H groups in total. The van der Waals surface area contributed by atoms with E-state index >= 15 is 0 Å². The number of nitriles is 1. The van der Waals surface area contributed by atoms with Crippen LogP contribution < -0.4 is 5.32 Å². The average molecular weight is 162 g/mol. The number of hydrogen-bond donors (Lipinski definition) is 1. The predicted octanol–water partition coefficient (Wildman–Crippen LogP) is 1.72. The van der Waals surface area contributed by atoms with Crippen molar-refractivity contribution in [3.05, 3.63) is 30.3 Å². The summed E-state index contributed by atoms with van der Waals surface area (Å²) in [6.45, 7) is 0. The summed E-state index contributed by atoms with van der Waals surface area (Å²) in [5.41, 5.74) is 0.595. The predicted molar refractivity (Wildman–Crippen MR) is 42.2 cm³/mol. The van der Waals surface area contributed by atoms with Gasteiger partial charge in [-0.15, -0.1) is 5.26 Å². The van der Waals surface area contributed by atoms with Gasteiger partial charge in [0, 0.05) is 5.69 Å². The Labute approximate surface area is 69.4 Å². The maximum atomic E-state index is 10.7. The lowest BCUT2D eigenvalue weighted by atomic mass is 10.3. The molecule has 0 spiro atoms. The van der Waals surface area contributed by atoms with Crippen LogP contribution >= 0.6 is 0 Å². The highest BCUT2D eigenvalue weighted by atomic mass is 16.5. The third-order valence-corrected chi connectivity index (χ3v) is 1.16. The highest BCUT2D eigenvalue weighted by Gasteiger charge is 1.99. The topological polar surface area (TPSA) is 62.1 Å².